The van der Waals surface area contributed by atoms with Crippen LogP contribution in [0.5, 0.6) is 0 Å². The fourth-order valence-corrected chi connectivity index (χ4v) is 2.78. The topological polar surface area (TPSA) is 84.3 Å². The summed E-state index contributed by atoms with van der Waals surface area (Å²) in [4.78, 5) is 22.6. The number of benzene rings is 1. The lowest BCUT2D eigenvalue weighted by Gasteiger charge is -2.33. The highest BCUT2D eigenvalue weighted by Gasteiger charge is 2.34. The van der Waals surface area contributed by atoms with Gasteiger partial charge in [0.1, 0.15) is 0 Å². The summed E-state index contributed by atoms with van der Waals surface area (Å²) >= 11 is 3.14. The van der Waals surface area contributed by atoms with Gasteiger partial charge in [-0.25, -0.2) is 0 Å². The number of anilines is 1. The van der Waals surface area contributed by atoms with Crippen molar-refractivity contribution in [3.05, 3.63) is 32.8 Å². The van der Waals surface area contributed by atoms with E-state index < -0.39 is 10.5 Å². The number of amides is 1. The standard InChI is InChI=1S/C13H16BrN3O3/c1-13(6-2-3-7-15-13)12(18)16-9-4-5-11(17(19)20)10(14)8-9/h4-5,8,15H,2-3,6-7H2,1H3,(H,16,18). The van der Waals surface area contributed by atoms with Crippen LogP contribution in [0.2, 0.25) is 0 Å². The Kier molecular flexibility index (Phi) is 4.39. The van der Waals surface area contributed by atoms with Crippen molar-refractivity contribution < 1.29 is 9.72 Å². The van der Waals surface area contributed by atoms with E-state index in [0.717, 1.165) is 25.8 Å². The third-order valence-electron chi connectivity index (χ3n) is 3.52. The van der Waals surface area contributed by atoms with Crippen molar-refractivity contribution in [1.29, 1.82) is 0 Å². The Morgan fingerprint density at radius 2 is 2.25 bits per heavy atom. The first-order chi connectivity index (χ1) is 9.42. The molecule has 1 saturated heterocycles. The molecule has 0 radical (unpaired) electrons. The van der Waals surface area contributed by atoms with Crippen LogP contribution in [0.25, 0.3) is 0 Å². The quantitative estimate of drug-likeness (QED) is 0.653. The number of hydrogen-bond donors (Lipinski definition) is 2. The van der Waals surface area contributed by atoms with Gasteiger partial charge in [0.25, 0.3) is 5.69 Å². The van der Waals surface area contributed by atoms with E-state index in [4.69, 9.17) is 0 Å². The Balaban J connectivity index is 2.12. The summed E-state index contributed by atoms with van der Waals surface area (Å²) in [6, 6.07) is 4.45. The molecule has 7 heteroatoms. The monoisotopic (exact) mass is 341 g/mol. The second-order valence-electron chi connectivity index (χ2n) is 5.09. The highest BCUT2D eigenvalue weighted by atomic mass is 79.9. The smallest absolute Gasteiger partial charge is 0.283 e. The molecule has 1 atom stereocenters. The van der Waals surface area contributed by atoms with Gasteiger partial charge in [0, 0.05) is 11.8 Å². The van der Waals surface area contributed by atoms with Gasteiger partial charge in [-0.15, -0.1) is 0 Å². The van der Waals surface area contributed by atoms with Crippen molar-refractivity contribution in [3.8, 4) is 0 Å². The van der Waals surface area contributed by atoms with Crippen molar-refractivity contribution in [2.75, 3.05) is 11.9 Å². The second-order valence-corrected chi connectivity index (χ2v) is 5.95. The molecule has 20 heavy (non-hydrogen) atoms. The van der Waals surface area contributed by atoms with E-state index in [1.807, 2.05) is 6.92 Å². The highest BCUT2D eigenvalue weighted by molar-refractivity contribution is 9.10. The van der Waals surface area contributed by atoms with Crippen molar-refractivity contribution in [3.63, 3.8) is 0 Å². The first kappa shape index (κ1) is 14.9. The van der Waals surface area contributed by atoms with Crippen LogP contribution in [0.1, 0.15) is 26.2 Å². The molecule has 0 aliphatic carbocycles. The number of carbonyl (C=O) groups excluding carboxylic acids is 1. The van der Waals surface area contributed by atoms with E-state index in [1.54, 1.807) is 6.07 Å². The Morgan fingerprint density at radius 1 is 1.50 bits per heavy atom. The minimum Gasteiger partial charge on any atom is -0.324 e. The summed E-state index contributed by atoms with van der Waals surface area (Å²) in [5.41, 5.74) is -0.0574. The highest BCUT2D eigenvalue weighted by Crippen LogP contribution is 2.28. The number of carbonyl (C=O) groups is 1. The molecule has 108 valence electrons. The SMILES string of the molecule is CC1(C(=O)Nc2ccc([N+](=O)[O-])c(Br)c2)CCCCN1. The molecule has 1 aromatic carbocycles. The lowest BCUT2D eigenvalue weighted by molar-refractivity contribution is -0.385. The molecule has 1 aliphatic rings. The van der Waals surface area contributed by atoms with Crippen molar-refractivity contribution in [2.24, 2.45) is 0 Å². The predicted molar refractivity (Wildman–Crippen MR) is 79.7 cm³/mol. The number of nitro groups is 1. The fraction of sp³-hybridized carbons (Fsp3) is 0.462. The maximum Gasteiger partial charge on any atom is 0.283 e. The molecule has 0 saturated carbocycles. The zero-order valence-corrected chi connectivity index (χ0v) is 12.7. The van der Waals surface area contributed by atoms with Crippen LogP contribution in [-0.2, 0) is 4.79 Å². The summed E-state index contributed by atoms with van der Waals surface area (Å²) in [6.07, 6.45) is 2.87. The predicted octanol–water partition coefficient (Wildman–Crippen LogP) is 2.83. The van der Waals surface area contributed by atoms with E-state index in [-0.39, 0.29) is 11.6 Å². The lowest BCUT2D eigenvalue weighted by Crippen LogP contribution is -2.54. The van der Waals surface area contributed by atoms with E-state index >= 15 is 0 Å². The molecular formula is C13H16BrN3O3. The third-order valence-corrected chi connectivity index (χ3v) is 4.16. The van der Waals surface area contributed by atoms with Crippen LogP contribution < -0.4 is 10.6 Å². The van der Waals surface area contributed by atoms with Crippen LogP contribution in [0, 0.1) is 10.1 Å². The summed E-state index contributed by atoms with van der Waals surface area (Å²) < 4.78 is 0.349. The van der Waals surface area contributed by atoms with Crippen LogP contribution in [0.15, 0.2) is 22.7 Å². The van der Waals surface area contributed by atoms with Gasteiger partial charge >= 0.3 is 0 Å². The lowest BCUT2D eigenvalue weighted by atomic mass is 9.90. The van der Waals surface area contributed by atoms with Gasteiger partial charge in [-0.05, 0) is 60.8 Å². The molecule has 6 nitrogen and oxygen atoms in total. The van der Waals surface area contributed by atoms with Crippen LogP contribution >= 0.6 is 15.9 Å². The summed E-state index contributed by atoms with van der Waals surface area (Å²) in [7, 11) is 0. The molecule has 2 N–H and O–H groups in total. The molecule has 1 aromatic rings. The Bertz CT molecular complexity index is 542. The Morgan fingerprint density at radius 3 is 2.80 bits per heavy atom. The Hall–Kier alpha value is -1.47. The second kappa shape index (κ2) is 5.88. The third kappa shape index (κ3) is 3.16. The summed E-state index contributed by atoms with van der Waals surface area (Å²) in [6.45, 7) is 2.70. The fourth-order valence-electron chi connectivity index (χ4n) is 2.25. The van der Waals surface area contributed by atoms with Crippen molar-refractivity contribution in [1.82, 2.24) is 5.32 Å². The number of nitro benzene ring substituents is 1. The molecule has 1 unspecified atom stereocenters. The largest absolute Gasteiger partial charge is 0.324 e. The molecule has 1 aliphatic heterocycles. The number of piperidine rings is 1. The van der Waals surface area contributed by atoms with E-state index in [1.165, 1.54) is 12.1 Å². The molecule has 2 rings (SSSR count). The molecule has 0 bridgehead atoms. The zero-order valence-electron chi connectivity index (χ0n) is 11.1. The first-order valence-electron chi connectivity index (χ1n) is 6.43. The summed E-state index contributed by atoms with van der Waals surface area (Å²) in [5, 5.41) is 16.8. The van der Waals surface area contributed by atoms with Gasteiger partial charge in [0.2, 0.25) is 5.91 Å². The number of nitrogens with one attached hydrogen (secondary N) is 2. The van der Waals surface area contributed by atoms with Crippen LogP contribution in [0.3, 0.4) is 0 Å². The number of halogens is 1. The number of nitrogens with zero attached hydrogens (tertiary/aromatic N) is 1. The maximum atomic E-state index is 12.3. The van der Waals surface area contributed by atoms with E-state index in [9.17, 15) is 14.9 Å². The molecule has 1 amide bonds. The van der Waals surface area contributed by atoms with Gasteiger partial charge in [-0.1, -0.05) is 0 Å². The normalized spacial score (nSPS) is 22.3. The molecule has 1 fully saturated rings. The molecule has 0 aromatic heterocycles. The average Bonchev–Trinajstić information content (AvgIpc) is 2.39. The summed E-state index contributed by atoms with van der Waals surface area (Å²) in [5.74, 6) is -0.113. The van der Waals surface area contributed by atoms with Gasteiger partial charge in [0.05, 0.1) is 14.9 Å². The van der Waals surface area contributed by atoms with Gasteiger partial charge in [-0.2, -0.15) is 0 Å². The molecular weight excluding hydrogens is 326 g/mol. The van der Waals surface area contributed by atoms with E-state index in [0.29, 0.717) is 10.2 Å². The number of hydrogen-bond acceptors (Lipinski definition) is 4. The number of rotatable bonds is 3. The van der Waals surface area contributed by atoms with Crippen LogP contribution in [-0.4, -0.2) is 22.9 Å². The van der Waals surface area contributed by atoms with Gasteiger partial charge in [-0.3, -0.25) is 14.9 Å². The zero-order chi connectivity index (χ0) is 14.8. The minimum atomic E-state index is -0.577. The maximum absolute atomic E-state index is 12.3. The molecule has 1 heterocycles. The average molecular weight is 342 g/mol. The van der Waals surface area contributed by atoms with Gasteiger partial charge < -0.3 is 10.6 Å². The Labute approximate surface area is 125 Å². The van der Waals surface area contributed by atoms with E-state index in [2.05, 4.69) is 26.6 Å². The van der Waals surface area contributed by atoms with Gasteiger partial charge in [0.15, 0.2) is 0 Å². The molecule has 0 spiro atoms. The minimum absolute atomic E-state index is 0.0231. The van der Waals surface area contributed by atoms with Crippen LogP contribution in [0.4, 0.5) is 11.4 Å². The first-order valence-corrected chi connectivity index (χ1v) is 7.22. The van der Waals surface area contributed by atoms with Crippen molar-refractivity contribution in [2.45, 2.75) is 31.7 Å². The van der Waals surface area contributed by atoms with Crippen molar-refractivity contribution >= 4 is 33.2 Å².